The van der Waals surface area contributed by atoms with Gasteiger partial charge < -0.3 is 19.5 Å². The minimum absolute atomic E-state index is 0.197. The molecule has 0 aromatic heterocycles. The molecule has 3 aliphatic rings. The topological polar surface area (TPSA) is 69.7 Å². The van der Waals surface area contributed by atoms with E-state index in [4.69, 9.17) is 4.74 Å². The monoisotopic (exact) mass is 270 g/mol. The van der Waals surface area contributed by atoms with Gasteiger partial charge in [-0.15, -0.1) is 0 Å². The minimum atomic E-state index is -1.21. The molecule has 3 heterocycles. The predicted octanol–water partition coefficient (Wildman–Crippen LogP) is -0.277. The summed E-state index contributed by atoms with van der Waals surface area (Å²) in [5.41, 5.74) is -0.0404. The Morgan fingerprint density at radius 3 is 2.80 bits per heavy atom. The van der Waals surface area contributed by atoms with E-state index in [2.05, 4.69) is 0 Å². The number of carboxylic acids is 1. The third-order valence-corrected chi connectivity index (χ3v) is 4.44. The van der Waals surface area contributed by atoms with Crippen molar-refractivity contribution in [2.75, 3.05) is 11.4 Å². The number of nitrogens with zero attached hydrogens (tertiary/aromatic N) is 1. The molecule has 0 aliphatic carbocycles. The number of ether oxygens (including phenoxy) is 1. The normalized spacial score (nSPS) is 37.5. The Balaban J connectivity index is 1.76. The summed E-state index contributed by atoms with van der Waals surface area (Å²) in [7, 11) is 0. The molecule has 0 radical (unpaired) electrons. The Labute approximate surface area is 115 Å². The third-order valence-electron chi connectivity index (χ3n) is 4.44. The molecule has 2 bridgehead atoms. The van der Waals surface area contributed by atoms with E-state index in [0.29, 0.717) is 6.54 Å². The lowest BCUT2D eigenvalue weighted by Gasteiger charge is -2.24. The van der Waals surface area contributed by atoms with E-state index < -0.39 is 29.5 Å². The highest BCUT2D eigenvalue weighted by Gasteiger charge is 2.65. The first-order valence-electron chi connectivity index (χ1n) is 6.57. The van der Waals surface area contributed by atoms with Crippen molar-refractivity contribution in [3.05, 3.63) is 42.5 Å². The van der Waals surface area contributed by atoms with Crippen molar-refractivity contribution in [1.82, 2.24) is 0 Å². The van der Waals surface area contributed by atoms with Gasteiger partial charge in [-0.2, -0.15) is 0 Å². The fourth-order valence-electron chi connectivity index (χ4n) is 3.59. The largest absolute Gasteiger partial charge is 0.550 e. The van der Waals surface area contributed by atoms with Crippen molar-refractivity contribution in [1.29, 1.82) is 0 Å². The number of carbonyl (C=O) groups excluding carboxylic acids is 2. The van der Waals surface area contributed by atoms with Crippen LogP contribution >= 0.6 is 0 Å². The van der Waals surface area contributed by atoms with Gasteiger partial charge in [0, 0.05) is 17.6 Å². The molecule has 2 saturated heterocycles. The van der Waals surface area contributed by atoms with Gasteiger partial charge in [0.05, 0.1) is 18.6 Å². The number of hydrogen-bond donors (Lipinski definition) is 0. The van der Waals surface area contributed by atoms with Crippen molar-refractivity contribution >= 4 is 17.6 Å². The highest BCUT2D eigenvalue weighted by molar-refractivity contribution is 6.02. The summed E-state index contributed by atoms with van der Waals surface area (Å²) in [6.07, 6.45) is 3.04. The second-order valence-electron chi connectivity index (χ2n) is 5.48. The quantitative estimate of drug-likeness (QED) is 0.693. The molecule has 5 heteroatoms. The van der Waals surface area contributed by atoms with Gasteiger partial charge in [-0.25, -0.2) is 0 Å². The van der Waals surface area contributed by atoms with Crippen molar-refractivity contribution < 1.29 is 19.4 Å². The molecular formula is C15H12NO4-. The maximum atomic E-state index is 12.6. The number of fused-ring (bicyclic) bond motifs is 1. The zero-order valence-corrected chi connectivity index (χ0v) is 10.6. The summed E-state index contributed by atoms with van der Waals surface area (Å²) in [5.74, 6) is -2.98. The SMILES string of the molecule is O=C([O-])[C@H]1[C@@H]2C=C[C@]3(CN(c4ccccc4)C(=O)[C@@H]13)O2. The fraction of sp³-hybridized carbons (Fsp3) is 0.333. The van der Waals surface area contributed by atoms with E-state index in [0.717, 1.165) is 5.69 Å². The molecule has 5 nitrogen and oxygen atoms in total. The lowest BCUT2D eigenvalue weighted by atomic mass is 9.77. The molecule has 1 spiro atoms. The summed E-state index contributed by atoms with van der Waals surface area (Å²) in [6, 6.07) is 9.23. The van der Waals surface area contributed by atoms with Gasteiger partial charge in [-0.1, -0.05) is 30.4 Å². The minimum Gasteiger partial charge on any atom is -0.550 e. The van der Waals surface area contributed by atoms with Crippen LogP contribution in [0.2, 0.25) is 0 Å². The van der Waals surface area contributed by atoms with E-state index in [1.165, 1.54) is 0 Å². The molecule has 0 saturated carbocycles. The van der Waals surface area contributed by atoms with Gasteiger partial charge in [0.25, 0.3) is 0 Å². The van der Waals surface area contributed by atoms with Crippen LogP contribution in [0.1, 0.15) is 0 Å². The molecule has 4 rings (SSSR count). The van der Waals surface area contributed by atoms with E-state index in [1.807, 2.05) is 36.4 Å². The number of aliphatic carboxylic acids is 1. The van der Waals surface area contributed by atoms with Crippen LogP contribution in [0.3, 0.4) is 0 Å². The van der Waals surface area contributed by atoms with Gasteiger partial charge >= 0.3 is 0 Å². The number of carbonyl (C=O) groups is 2. The number of para-hydroxylation sites is 1. The first kappa shape index (κ1) is 11.7. The lowest BCUT2D eigenvalue weighted by molar-refractivity contribution is -0.313. The molecule has 1 amide bonds. The number of carboxylic acid groups (broad SMARTS) is 1. The molecule has 20 heavy (non-hydrogen) atoms. The molecule has 3 aliphatic heterocycles. The summed E-state index contributed by atoms with van der Waals surface area (Å²) < 4.78 is 5.79. The molecule has 102 valence electrons. The number of hydrogen-bond acceptors (Lipinski definition) is 4. The van der Waals surface area contributed by atoms with Crippen LogP contribution in [0.25, 0.3) is 0 Å². The standard InChI is InChI=1S/C15H13NO4/c17-13-12-11(14(18)19)10-6-7-15(12,20-10)8-16(13)9-4-2-1-3-5-9/h1-7,10-12H,8H2,(H,18,19)/p-1/t10-,11-,12+,15+/m0/s1. The Hall–Kier alpha value is -2.14. The number of benzene rings is 1. The van der Waals surface area contributed by atoms with Gasteiger partial charge in [0.2, 0.25) is 5.91 Å². The smallest absolute Gasteiger partial charge is 0.234 e. The van der Waals surface area contributed by atoms with Crippen LogP contribution in [0.5, 0.6) is 0 Å². The van der Waals surface area contributed by atoms with Crippen LogP contribution < -0.4 is 10.0 Å². The highest BCUT2D eigenvalue weighted by atomic mass is 16.5. The van der Waals surface area contributed by atoms with Crippen LogP contribution in [0.15, 0.2) is 42.5 Å². The van der Waals surface area contributed by atoms with Crippen molar-refractivity contribution in [3.8, 4) is 0 Å². The molecule has 1 aromatic carbocycles. The number of anilines is 1. The zero-order valence-electron chi connectivity index (χ0n) is 10.6. The average Bonchev–Trinajstić information content (AvgIpc) is 3.08. The Morgan fingerprint density at radius 2 is 2.10 bits per heavy atom. The average molecular weight is 270 g/mol. The summed E-state index contributed by atoms with van der Waals surface area (Å²) in [5, 5.41) is 11.3. The number of rotatable bonds is 2. The second kappa shape index (κ2) is 3.70. The summed E-state index contributed by atoms with van der Waals surface area (Å²) in [6.45, 7) is 0.358. The van der Waals surface area contributed by atoms with Crippen molar-refractivity contribution in [2.24, 2.45) is 11.8 Å². The summed E-state index contributed by atoms with van der Waals surface area (Å²) >= 11 is 0. The Bertz CT molecular complexity index is 626. The third kappa shape index (κ3) is 1.30. The fourth-order valence-corrected chi connectivity index (χ4v) is 3.59. The predicted molar refractivity (Wildman–Crippen MR) is 67.5 cm³/mol. The van der Waals surface area contributed by atoms with E-state index in [-0.39, 0.29) is 5.91 Å². The van der Waals surface area contributed by atoms with Gasteiger partial charge in [0.15, 0.2) is 0 Å². The van der Waals surface area contributed by atoms with Crippen LogP contribution in [-0.4, -0.2) is 30.1 Å². The molecule has 0 N–H and O–H groups in total. The van der Waals surface area contributed by atoms with Crippen molar-refractivity contribution in [2.45, 2.75) is 11.7 Å². The second-order valence-corrected chi connectivity index (χ2v) is 5.48. The van der Waals surface area contributed by atoms with Crippen LogP contribution in [0, 0.1) is 11.8 Å². The van der Waals surface area contributed by atoms with Crippen LogP contribution in [-0.2, 0) is 14.3 Å². The highest BCUT2D eigenvalue weighted by Crippen LogP contribution is 2.52. The number of amides is 1. The first-order valence-corrected chi connectivity index (χ1v) is 6.57. The Kier molecular flexibility index (Phi) is 2.16. The van der Waals surface area contributed by atoms with Gasteiger partial charge in [-0.3, -0.25) is 4.79 Å². The maximum absolute atomic E-state index is 12.6. The molecule has 4 atom stereocenters. The Morgan fingerprint density at radius 1 is 1.35 bits per heavy atom. The molecule has 0 unspecified atom stereocenters. The van der Waals surface area contributed by atoms with Crippen molar-refractivity contribution in [3.63, 3.8) is 0 Å². The molecule has 2 fully saturated rings. The summed E-state index contributed by atoms with van der Waals surface area (Å²) in [4.78, 5) is 25.5. The lowest BCUT2D eigenvalue weighted by Crippen LogP contribution is -2.45. The van der Waals surface area contributed by atoms with Crippen LogP contribution in [0.4, 0.5) is 5.69 Å². The van der Waals surface area contributed by atoms with E-state index in [1.54, 1.807) is 11.0 Å². The van der Waals surface area contributed by atoms with Gasteiger partial charge in [-0.05, 0) is 12.1 Å². The van der Waals surface area contributed by atoms with Gasteiger partial charge in [0.1, 0.15) is 5.60 Å². The van der Waals surface area contributed by atoms with E-state index >= 15 is 0 Å². The molecule has 1 aromatic rings. The first-order chi connectivity index (χ1) is 9.62. The molecular weight excluding hydrogens is 258 g/mol. The van der Waals surface area contributed by atoms with E-state index in [9.17, 15) is 14.7 Å². The maximum Gasteiger partial charge on any atom is 0.234 e. The zero-order chi connectivity index (χ0) is 13.9.